The topological polar surface area (TPSA) is 67.2 Å². The number of carbonyl (C=O) groups excluding carboxylic acids is 1. The van der Waals surface area contributed by atoms with Gasteiger partial charge in [-0.1, -0.05) is 12.1 Å². The van der Waals surface area contributed by atoms with Gasteiger partial charge in [0, 0.05) is 31.9 Å². The van der Waals surface area contributed by atoms with E-state index in [1.807, 2.05) is 28.8 Å². The SMILES string of the molecule is O=C(CCn1cnc2ccccc21)NCCSCCCO. The van der Waals surface area contributed by atoms with Gasteiger partial charge in [-0.2, -0.15) is 11.8 Å². The van der Waals surface area contributed by atoms with E-state index in [9.17, 15) is 4.79 Å². The van der Waals surface area contributed by atoms with Crippen molar-refractivity contribution in [3.8, 4) is 0 Å². The smallest absolute Gasteiger partial charge is 0.221 e. The Bertz CT molecular complexity index is 571. The lowest BCUT2D eigenvalue weighted by Gasteiger charge is -2.06. The number of aromatic nitrogens is 2. The van der Waals surface area contributed by atoms with Gasteiger partial charge < -0.3 is 15.0 Å². The van der Waals surface area contributed by atoms with Crippen LogP contribution in [0.3, 0.4) is 0 Å². The first kappa shape index (κ1) is 15.9. The maximum Gasteiger partial charge on any atom is 0.221 e. The van der Waals surface area contributed by atoms with Crippen LogP contribution in [0, 0.1) is 0 Å². The second-order valence-electron chi connectivity index (χ2n) is 4.72. The predicted octanol–water partition coefficient (Wildman–Crippen LogP) is 1.66. The minimum absolute atomic E-state index is 0.0653. The van der Waals surface area contributed by atoms with E-state index in [1.54, 1.807) is 18.1 Å². The summed E-state index contributed by atoms with van der Waals surface area (Å²) in [4.78, 5) is 16.1. The molecule has 1 aromatic carbocycles. The minimum Gasteiger partial charge on any atom is -0.396 e. The zero-order chi connectivity index (χ0) is 14.9. The molecule has 0 unspecified atom stereocenters. The third-order valence-corrected chi connectivity index (χ3v) is 4.19. The highest BCUT2D eigenvalue weighted by Crippen LogP contribution is 2.11. The fraction of sp³-hybridized carbons (Fsp3) is 0.467. The number of rotatable bonds is 9. The number of aliphatic hydroxyl groups is 1. The molecular formula is C15H21N3O2S. The number of para-hydroxylation sites is 2. The third-order valence-electron chi connectivity index (χ3n) is 3.12. The maximum absolute atomic E-state index is 11.8. The average molecular weight is 307 g/mol. The van der Waals surface area contributed by atoms with Crippen LogP contribution in [0.5, 0.6) is 0 Å². The molecule has 0 radical (unpaired) electrons. The molecule has 0 saturated carbocycles. The highest BCUT2D eigenvalue weighted by atomic mass is 32.2. The number of fused-ring (bicyclic) bond motifs is 1. The van der Waals surface area contributed by atoms with Gasteiger partial charge in [-0.15, -0.1) is 0 Å². The molecule has 2 N–H and O–H groups in total. The molecule has 0 aliphatic heterocycles. The Labute approximate surface area is 128 Å². The summed E-state index contributed by atoms with van der Waals surface area (Å²) in [6, 6.07) is 7.92. The van der Waals surface area contributed by atoms with Gasteiger partial charge >= 0.3 is 0 Å². The van der Waals surface area contributed by atoms with Gasteiger partial charge in [-0.05, 0) is 24.3 Å². The first-order chi connectivity index (χ1) is 10.3. The van der Waals surface area contributed by atoms with E-state index in [-0.39, 0.29) is 12.5 Å². The Morgan fingerprint density at radius 1 is 1.33 bits per heavy atom. The molecule has 0 atom stereocenters. The molecule has 2 rings (SSSR count). The highest BCUT2D eigenvalue weighted by molar-refractivity contribution is 7.99. The Hall–Kier alpha value is -1.53. The van der Waals surface area contributed by atoms with E-state index in [0.717, 1.165) is 29.0 Å². The van der Waals surface area contributed by atoms with Gasteiger partial charge in [-0.25, -0.2) is 4.98 Å². The summed E-state index contributed by atoms with van der Waals surface area (Å²) in [5, 5.41) is 11.6. The molecule has 0 bridgehead atoms. The number of hydrogen-bond donors (Lipinski definition) is 2. The van der Waals surface area contributed by atoms with Crippen molar-refractivity contribution >= 4 is 28.7 Å². The largest absolute Gasteiger partial charge is 0.396 e. The number of nitrogens with one attached hydrogen (secondary N) is 1. The number of aliphatic hydroxyl groups excluding tert-OH is 1. The van der Waals surface area contributed by atoms with Crippen LogP contribution >= 0.6 is 11.8 Å². The number of thioether (sulfide) groups is 1. The standard InChI is InChI=1S/C15H21N3O2S/c19-9-3-10-21-11-7-16-15(20)6-8-18-12-17-13-4-1-2-5-14(13)18/h1-2,4-5,12,19H,3,6-11H2,(H,16,20). The quantitative estimate of drug-likeness (QED) is 0.691. The molecule has 0 spiro atoms. The summed E-state index contributed by atoms with van der Waals surface area (Å²) in [5.41, 5.74) is 2.02. The van der Waals surface area contributed by atoms with E-state index < -0.39 is 0 Å². The maximum atomic E-state index is 11.8. The van der Waals surface area contributed by atoms with Crippen LogP contribution in [0.2, 0.25) is 0 Å². The zero-order valence-electron chi connectivity index (χ0n) is 12.0. The Kier molecular flexibility index (Phi) is 6.56. The van der Waals surface area contributed by atoms with Crippen molar-refractivity contribution in [3.05, 3.63) is 30.6 Å². The molecular weight excluding hydrogens is 286 g/mol. The molecule has 114 valence electrons. The van der Waals surface area contributed by atoms with E-state index in [1.165, 1.54) is 0 Å². The normalized spacial score (nSPS) is 10.9. The van der Waals surface area contributed by atoms with Gasteiger partial charge in [0.15, 0.2) is 0 Å². The molecule has 0 saturated heterocycles. The van der Waals surface area contributed by atoms with Crippen LogP contribution in [-0.4, -0.2) is 45.2 Å². The number of nitrogens with zero attached hydrogens (tertiary/aromatic N) is 2. The molecule has 21 heavy (non-hydrogen) atoms. The summed E-state index contributed by atoms with van der Waals surface area (Å²) in [5.74, 6) is 1.89. The van der Waals surface area contributed by atoms with Gasteiger partial charge in [0.25, 0.3) is 0 Å². The second-order valence-corrected chi connectivity index (χ2v) is 5.94. The second kappa shape index (κ2) is 8.69. The zero-order valence-corrected chi connectivity index (χ0v) is 12.8. The summed E-state index contributed by atoms with van der Waals surface area (Å²) in [6.07, 6.45) is 3.05. The fourth-order valence-electron chi connectivity index (χ4n) is 2.03. The van der Waals surface area contributed by atoms with Gasteiger partial charge in [-0.3, -0.25) is 4.79 Å². The number of imidazole rings is 1. The monoisotopic (exact) mass is 307 g/mol. The Morgan fingerprint density at radius 3 is 3.05 bits per heavy atom. The summed E-state index contributed by atoms with van der Waals surface area (Å²) in [7, 11) is 0. The van der Waals surface area contributed by atoms with Crippen molar-refractivity contribution < 1.29 is 9.90 Å². The molecule has 0 fully saturated rings. The molecule has 1 amide bonds. The number of carbonyl (C=O) groups is 1. The molecule has 1 heterocycles. The molecule has 5 nitrogen and oxygen atoms in total. The number of amides is 1. The highest BCUT2D eigenvalue weighted by Gasteiger charge is 2.04. The van der Waals surface area contributed by atoms with Gasteiger partial charge in [0.1, 0.15) is 0 Å². The number of aryl methyl sites for hydroxylation is 1. The predicted molar refractivity (Wildman–Crippen MR) is 86.4 cm³/mol. The first-order valence-electron chi connectivity index (χ1n) is 7.16. The lowest BCUT2D eigenvalue weighted by Crippen LogP contribution is -2.26. The van der Waals surface area contributed by atoms with Crippen LogP contribution in [0.4, 0.5) is 0 Å². The summed E-state index contributed by atoms with van der Waals surface area (Å²) >= 11 is 1.75. The molecule has 6 heteroatoms. The van der Waals surface area contributed by atoms with Crippen LogP contribution in [0.15, 0.2) is 30.6 Å². The Morgan fingerprint density at radius 2 is 2.19 bits per heavy atom. The van der Waals surface area contributed by atoms with Gasteiger partial charge in [0.05, 0.1) is 17.4 Å². The Balaban J connectivity index is 1.67. The van der Waals surface area contributed by atoms with Crippen molar-refractivity contribution in [1.82, 2.24) is 14.9 Å². The number of benzene rings is 1. The van der Waals surface area contributed by atoms with Crippen molar-refractivity contribution in [2.75, 3.05) is 24.7 Å². The van der Waals surface area contributed by atoms with Gasteiger partial charge in [0.2, 0.25) is 5.91 Å². The summed E-state index contributed by atoms with van der Waals surface area (Å²) in [6.45, 7) is 1.56. The van der Waals surface area contributed by atoms with Crippen molar-refractivity contribution in [3.63, 3.8) is 0 Å². The van der Waals surface area contributed by atoms with E-state index in [0.29, 0.717) is 19.5 Å². The van der Waals surface area contributed by atoms with Crippen LogP contribution in [-0.2, 0) is 11.3 Å². The van der Waals surface area contributed by atoms with E-state index in [4.69, 9.17) is 5.11 Å². The van der Waals surface area contributed by atoms with Crippen molar-refractivity contribution in [1.29, 1.82) is 0 Å². The molecule has 0 aliphatic carbocycles. The molecule has 0 aliphatic rings. The molecule has 2 aromatic rings. The van der Waals surface area contributed by atoms with E-state index >= 15 is 0 Å². The van der Waals surface area contributed by atoms with Crippen molar-refractivity contribution in [2.24, 2.45) is 0 Å². The van der Waals surface area contributed by atoms with Crippen molar-refractivity contribution in [2.45, 2.75) is 19.4 Å². The van der Waals surface area contributed by atoms with E-state index in [2.05, 4.69) is 10.3 Å². The molecule has 1 aromatic heterocycles. The third kappa shape index (κ3) is 5.06. The number of hydrogen-bond acceptors (Lipinski definition) is 4. The average Bonchev–Trinajstić information content (AvgIpc) is 2.92. The van der Waals surface area contributed by atoms with Crippen LogP contribution in [0.1, 0.15) is 12.8 Å². The minimum atomic E-state index is 0.0653. The fourth-order valence-corrected chi connectivity index (χ4v) is 2.81. The van der Waals surface area contributed by atoms with Crippen LogP contribution in [0.25, 0.3) is 11.0 Å². The van der Waals surface area contributed by atoms with Crippen LogP contribution < -0.4 is 5.32 Å². The first-order valence-corrected chi connectivity index (χ1v) is 8.32. The summed E-state index contributed by atoms with van der Waals surface area (Å²) < 4.78 is 2.00. The lowest BCUT2D eigenvalue weighted by molar-refractivity contribution is -0.121. The lowest BCUT2D eigenvalue weighted by atomic mass is 10.3.